The molecule has 6 heteroatoms. The van der Waals surface area contributed by atoms with Crippen molar-refractivity contribution in [3.8, 4) is 0 Å². The van der Waals surface area contributed by atoms with Gasteiger partial charge in [-0.05, 0) is 78.4 Å². The van der Waals surface area contributed by atoms with Crippen LogP contribution >= 0.6 is 0 Å². The first-order valence-corrected chi connectivity index (χ1v) is 9.79. The van der Waals surface area contributed by atoms with Crippen LogP contribution in [0.4, 0.5) is 4.79 Å². The van der Waals surface area contributed by atoms with Crippen LogP contribution in [0, 0.1) is 0 Å². The lowest BCUT2D eigenvalue weighted by Crippen LogP contribution is -2.43. The van der Waals surface area contributed by atoms with E-state index in [9.17, 15) is 4.79 Å². The summed E-state index contributed by atoms with van der Waals surface area (Å²) in [6, 6.07) is 6.30. The Bertz CT molecular complexity index is 722. The largest absolute Gasteiger partial charge is 0.494 e. The van der Waals surface area contributed by atoms with E-state index in [4.69, 9.17) is 14.0 Å². The molecule has 5 nitrogen and oxygen atoms in total. The van der Waals surface area contributed by atoms with E-state index in [0.29, 0.717) is 6.54 Å². The summed E-state index contributed by atoms with van der Waals surface area (Å²) in [4.78, 5) is 14.3. The molecule has 0 aliphatic carbocycles. The molecule has 0 bridgehead atoms. The Morgan fingerprint density at radius 2 is 1.78 bits per heavy atom. The van der Waals surface area contributed by atoms with Crippen LogP contribution in [-0.2, 0) is 20.5 Å². The first-order valence-electron chi connectivity index (χ1n) is 9.79. The van der Waals surface area contributed by atoms with Gasteiger partial charge in [-0.15, -0.1) is 0 Å². The second kappa shape index (κ2) is 6.52. The first kappa shape index (κ1) is 20.2. The second-order valence-electron chi connectivity index (χ2n) is 9.65. The number of hydrogen-bond acceptors (Lipinski definition) is 4. The van der Waals surface area contributed by atoms with Gasteiger partial charge in [0.15, 0.2) is 0 Å². The molecule has 3 rings (SSSR count). The molecular weight excluding hydrogens is 341 g/mol. The Balaban J connectivity index is 1.80. The first-order chi connectivity index (χ1) is 12.3. The predicted molar refractivity (Wildman–Crippen MR) is 107 cm³/mol. The normalized spacial score (nSPS) is 23.9. The van der Waals surface area contributed by atoms with Gasteiger partial charge in [-0.2, -0.15) is 0 Å². The summed E-state index contributed by atoms with van der Waals surface area (Å²) in [5, 5.41) is 0. The lowest BCUT2D eigenvalue weighted by molar-refractivity contribution is 0.00578. The summed E-state index contributed by atoms with van der Waals surface area (Å²) in [5.41, 5.74) is 2.24. The Hall–Kier alpha value is -1.53. The fourth-order valence-electron chi connectivity index (χ4n) is 3.55. The number of ether oxygens (including phenoxy) is 1. The van der Waals surface area contributed by atoms with Gasteiger partial charge >= 0.3 is 13.2 Å². The van der Waals surface area contributed by atoms with Crippen molar-refractivity contribution < 1.29 is 18.8 Å². The van der Waals surface area contributed by atoms with Gasteiger partial charge in [-0.3, -0.25) is 0 Å². The number of benzene rings is 1. The lowest BCUT2D eigenvalue weighted by atomic mass is 9.76. The average molecular weight is 373 g/mol. The molecule has 0 N–H and O–H groups in total. The molecule has 1 atom stereocenters. The predicted octanol–water partition coefficient (Wildman–Crippen LogP) is 3.84. The Morgan fingerprint density at radius 3 is 2.33 bits per heavy atom. The molecule has 1 fully saturated rings. The van der Waals surface area contributed by atoms with E-state index in [0.717, 1.165) is 17.4 Å². The molecule has 2 heterocycles. The molecule has 1 saturated heterocycles. The minimum atomic E-state index is -0.488. The molecule has 2 aliphatic rings. The number of carbonyl (C=O) groups excluding carboxylic acids is 1. The van der Waals surface area contributed by atoms with Crippen LogP contribution in [0.3, 0.4) is 0 Å². The van der Waals surface area contributed by atoms with Gasteiger partial charge in [0.2, 0.25) is 0 Å². The maximum Gasteiger partial charge on any atom is 0.494 e. The molecule has 148 valence electrons. The Kier molecular flexibility index (Phi) is 4.88. The van der Waals surface area contributed by atoms with Crippen molar-refractivity contribution >= 4 is 18.7 Å². The van der Waals surface area contributed by atoms with Gasteiger partial charge in [0.25, 0.3) is 0 Å². The maximum absolute atomic E-state index is 12.5. The fourth-order valence-corrected chi connectivity index (χ4v) is 3.55. The minimum Gasteiger partial charge on any atom is -0.444 e. The van der Waals surface area contributed by atoms with E-state index in [-0.39, 0.29) is 30.5 Å². The van der Waals surface area contributed by atoms with Crippen LogP contribution < -0.4 is 5.46 Å². The monoisotopic (exact) mass is 373 g/mol. The smallest absolute Gasteiger partial charge is 0.444 e. The molecule has 1 unspecified atom stereocenters. The molecule has 0 saturated carbocycles. The van der Waals surface area contributed by atoms with Crippen molar-refractivity contribution in [3.05, 3.63) is 29.3 Å². The van der Waals surface area contributed by atoms with E-state index in [1.807, 2.05) is 25.7 Å². The van der Waals surface area contributed by atoms with E-state index in [2.05, 4.69) is 52.8 Å². The van der Waals surface area contributed by atoms with Gasteiger partial charge < -0.3 is 18.9 Å². The van der Waals surface area contributed by atoms with E-state index >= 15 is 0 Å². The molecule has 2 aliphatic heterocycles. The van der Waals surface area contributed by atoms with Gasteiger partial charge in [0.05, 0.1) is 17.2 Å². The summed E-state index contributed by atoms with van der Waals surface area (Å²) in [6.45, 7) is 16.6. The number of carbonyl (C=O) groups is 1. The Labute approximate surface area is 163 Å². The van der Waals surface area contributed by atoms with Gasteiger partial charge in [-0.25, -0.2) is 4.79 Å². The highest BCUT2D eigenvalue weighted by atomic mass is 16.7. The van der Waals surface area contributed by atoms with Crippen molar-refractivity contribution in [3.63, 3.8) is 0 Å². The van der Waals surface area contributed by atoms with Crippen LogP contribution in [0.2, 0.25) is 0 Å². The maximum atomic E-state index is 12.5. The third-order valence-electron chi connectivity index (χ3n) is 5.86. The summed E-state index contributed by atoms with van der Waals surface area (Å²) in [6.07, 6.45) is 0.544. The Morgan fingerprint density at radius 1 is 1.19 bits per heavy atom. The number of hydrogen-bond donors (Lipinski definition) is 0. The van der Waals surface area contributed by atoms with Gasteiger partial charge in [-0.1, -0.05) is 18.2 Å². The summed E-state index contributed by atoms with van der Waals surface area (Å²) >= 11 is 0. The van der Waals surface area contributed by atoms with Gasteiger partial charge in [0.1, 0.15) is 5.60 Å². The van der Waals surface area contributed by atoms with E-state index in [1.54, 1.807) is 0 Å². The van der Waals surface area contributed by atoms with Crippen molar-refractivity contribution in [1.82, 2.24) is 4.90 Å². The second-order valence-corrected chi connectivity index (χ2v) is 9.65. The number of rotatable bonds is 1. The molecule has 27 heavy (non-hydrogen) atoms. The third-order valence-corrected chi connectivity index (χ3v) is 5.86. The van der Waals surface area contributed by atoms with Crippen molar-refractivity contribution in [2.75, 3.05) is 6.54 Å². The standard InChI is InChI=1S/C21H32BNO4/c1-14-17-10-9-16(22-26-20(5,6)21(7,8)27-22)13-15(17)11-12-23(14)18(24)25-19(2,3)4/h9-10,13-14H,11-12H2,1-8H3. The average Bonchev–Trinajstić information content (AvgIpc) is 2.73. The van der Waals surface area contributed by atoms with Crippen molar-refractivity contribution in [1.29, 1.82) is 0 Å². The number of amides is 1. The minimum absolute atomic E-state index is 0.0176. The fraction of sp³-hybridized carbons (Fsp3) is 0.667. The molecule has 0 spiro atoms. The lowest BCUT2D eigenvalue weighted by Gasteiger charge is -2.36. The molecule has 0 radical (unpaired) electrons. The van der Waals surface area contributed by atoms with Crippen LogP contribution in [-0.4, -0.2) is 41.5 Å². The molecule has 1 aromatic rings. The zero-order chi connectivity index (χ0) is 20.2. The van der Waals surface area contributed by atoms with Crippen LogP contribution in [0.25, 0.3) is 0 Å². The van der Waals surface area contributed by atoms with Crippen LogP contribution in [0.15, 0.2) is 18.2 Å². The summed E-state index contributed by atoms with van der Waals surface area (Å²) < 4.78 is 17.9. The highest BCUT2D eigenvalue weighted by molar-refractivity contribution is 6.62. The zero-order valence-electron chi connectivity index (χ0n) is 17.9. The summed E-state index contributed by atoms with van der Waals surface area (Å²) in [7, 11) is -0.362. The topological polar surface area (TPSA) is 48.0 Å². The highest BCUT2D eigenvalue weighted by Crippen LogP contribution is 2.37. The van der Waals surface area contributed by atoms with Crippen molar-refractivity contribution in [2.45, 2.75) is 84.7 Å². The van der Waals surface area contributed by atoms with Gasteiger partial charge in [0, 0.05) is 6.54 Å². The highest BCUT2D eigenvalue weighted by Gasteiger charge is 2.51. The number of fused-ring (bicyclic) bond motifs is 1. The molecule has 1 amide bonds. The van der Waals surface area contributed by atoms with E-state index < -0.39 is 5.60 Å². The van der Waals surface area contributed by atoms with Crippen LogP contribution in [0.1, 0.15) is 72.6 Å². The summed E-state index contributed by atoms with van der Waals surface area (Å²) in [5.74, 6) is 0. The number of nitrogens with zero attached hydrogens (tertiary/aromatic N) is 1. The van der Waals surface area contributed by atoms with Crippen molar-refractivity contribution in [2.24, 2.45) is 0 Å². The quantitative estimate of drug-likeness (QED) is 0.702. The third kappa shape index (κ3) is 3.88. The van der Waals surface area contributed by atoms with Crippen LogP contribution in [0.5, 0.6) is 0 Å². The molecular formula is C21H32BNO4. The molecule has 1 aromatic carbocycles. The SMILES string of the molecule is CC1c2ccc(B3OC(C)(C)C(C)(C)O3)cc2CCN1C(=O)OC(C)(C)C. The zero-order valence-corrected chi connectivity index (χ0v) is 17.9. The van der Waals surface area contributed by atoms with E-state index in [1.165, 1.54) is 5.56 Å². The molecule has 0 aromatic heterocycles.